The zero-order valence-corrected chi connectivity index (χ0v) is 25.3. The number of carbonyl (C=O) groups excluding carboxylic acids is 1. The lowest BCUT2D eigenvalue weighted by atomic mass is 9.90. The number of quaternary nitrogens is 1. The van der Waals surface area contributed by atoms with E-state index in [0.717, 1.165) is 106 Å². The molecule has 4 heterocycles. The topological polar surface area (TPSA) is 96.5 Å². The number of piperidine rings is 1. The molecule has 5 rings (SSSR count). The third kappa shape index (κ3) is 7.19. The second kappa shape index (κ2) is 14.3. The quantitative estimate of drug-likeness (QED) is 0.114. The zero-order valence-electron chi connectivity index (χ0n) is 25.3. The number of unbranched alkanes of at least 4 members (excludes halogenated alkanes) is 3. The van der Waals surface area contributed by atoms with Crippen molar-refractivity contribution in [1.29, 1.82) is 0 Å². The number of halogens is 1. The molecule has 0 spiro atoms. The Balaban J connectivity index is 0.00000405. The number of fused-ring (bicyclic) bond motifs is 2. The number of carbonyl (C=O) groups is 1. The van der Waals surface area contributed by atoms with Gasteiger partial charge in [0, 0.05) is 60.9 Å². The molecular formula is C32H45FN4O5. The Morgan fingerprint density at radius 1 is 1.17 bits per heavy atom. The van der Waals surface area contributed by atoms with Gasteiger partial charge < -0.3 is 21.4 Å². The molecule has 10 heteroatoms. The lowest BCUT2D eigenvalue weighted by molar-refractivity contribution is -0.948. The summed E-state index contributed by atoms with van der Waals surface area (Å²) in [4.78, 5) is 30.6. The highest BCUT2D eigenvalue weighted by molar-refractivity contribution is 5.79. The molecule has 2 aromatic heterocycles. The first-order valence-corrected chi connectivity index (χ1v) is 15.2. The van der Waals surface area contributed by atoms with Crippen molar-refractivity contribution in [2.24, 2.45) is 0 Å². The number of rotatable bonds is 11. The summed E-state index contributed by atoms with van der Waals surface area (Å²) < 4.78 is 32.5. The number of benzene rings is 1. The molecule has 0 amide bonds. The van der Waals surface area contributed by atoms with Gasteiger partial charge in [-0.05, 0) is 38.3 Å². The van der Waals surface area contributed by atoms with Crippen LogP contribution in [0.4, 0.5) is 9.18 Å². The summed E-state index contributed by atoms with van der Waals surface area (Å²) in [7, 11) is 0. The van der Waals surface area contributed by atoms with Crippen molar-refractivity contribution in [3.8, 4) is 0 Å². The highest BCUT2D eigenvalue weighted by Crippen LogP contribution is 2.35. The second-order valence-corrected chi connectivity index (χ2v) is 11.7. The van der Waals surface area contributed by atoms with Crippen LogP contribution in [0.3, 0.4) is 0 Å². The van der Waals surface area contributed by atoms with Crippen LogP contribution in [-0.2, 0) is 28.9 Å². The Labute approximate surface area is 247 Å². The van der Waals surface area contributed by atoms with Crippen molar-refractivity contribution in [2.75, 3.05) is 33.0 Å². The minimum Gasteiger partial charge on any atom is -0.434 e. The number of likely N-dealkylation sites (tertiary alicyclic amines) is 1. The predicted octanol–water partition coefficient (Wildman–Crippen LogP) is 6.25. The van der Waals surface area contributed by atoms with Crippen molar-refractivity contribution in [3.63, 3.8) is 0 Å². The van der Waals surface area contributed by atoms with Gasteiger partial charge in [0.25, 0.3) is 5.56 Å². The normalized spacial score (nSPS) is 20.1. The van der Waals surface area contributed by atoms with Crippen molar-refractivity contribution in [1.82, 2.24) is 14.7 Å². The van der Waals surface area contributed by atoms with Gasteiger partial charge in [-0.2, -0.15) is 0 Å². The molecule has 9 nitrogen and oxygen atoms in total. The molecule has 0 N–H and O–H groups in total. The summed E-state index contributed by atoms with van der Waals surface area (Å²) in [6.45, 7) is 7.46. The third-order valence-electron chi connectivity index (χ3n) is 8.84. The Kier molecular flexibility index (Phi) is 10.8. The lowest BCUT2D eigenvalue weighted by Gasteiger charge is -2.42. The van der Waals surface area contributed by atoms with Gasteiger partial charge >= 0.3 is 6.16 Å². The van der Waals surface area contributed by atoms with E-state index in [2.05, 4.69) is 12.1 Å². The maximum Gasteiger partial charge on any atom is 0.512 e. The van der Waals surface area contributed by atoms with E-state index in [1.165, 1.54) is 12.1 Å². The van der Waals surface area contributed by atoms with Crippen LogP contribution in [0.5, 0.6) is 0 Å². The molecule has 1 aromatic carbocycles. The van der Waals surface area contributed by atoms with Crippen molar-refractivity contribution in [3.05, 3.63) is 64.6 Å². The fourth-order valence-electron chi connectivity index (χ4n) is 6.31. The number of aromatic nitrogens is 3. The average molecular weight is 585 g/mol. The fraction of sp³-hybridized carbons (Fsp3) is 0.594. The van der Waals surface area contributed by atoms with E-state index in [0.29, 0.717) is 29.6 Å². The van der Waals surface area contributed by atoms with Crippen LogP contribution in [0.25, 0.3) is 11.0 Å². The molecule has 0 unspecified atom stereocenters. The van der Waals surface area contributed by atoms with Crippen LogP contribution >= 0.6 is 0 Å². The number of hydrogen-bond donors (Lipinski definition) is 0. The fourth-order valence-corrected chi connectivity index (χ4v) is 6.31. The van der Waals surface area contributed by atoms with Crippen LogP contribution in [0.15, 0.2) is 27.5 Å². The van der Waals surface area contributed by atoms with Crippen LogP contribution in [0, 0.1) is 20.2 Å². The maximum absolute atomic E-state index is 13.7. The highest BCUT2D eigenvalue weighted by atomic mass is 19.1. The summed E-state index contributed by atoms with van der Waals surface area (Å²) in [6.07, 6.45) is 8.51. The molecular weight excluding hydrogens is 539 g/mol. The third-order valence-corrected chi connectivity index (χ3v) is 8.84. The van der Waals surface area contributed by atoms with E-state index < -0.39 is 6.16 Å². The molecule has 2 aliphatic heterocycles. The summed E-state index contributed by atoms with van der Waals surface area (Å²) in [5.74, 6) is 0.685. The Hall–Kier alpha value is -3.27. The highest BCUT2D eigenvalue weighted by Gasteiger charge is 2.38. The molecule has 2 aliphatic rings. The van der Waals surface area contributed by atoms with Gasteiger partial charge in [0.05, 0.1) is 31.9 Å². The standard InChI is InChI=1S/C31H42FN4O5.CH3/c1-3-4-5-8-19-39-31(38)40-21-36(18-14-25-22(2)33-28-9-6-7-15-35(28)30(25)37)16-12-23(13-17-36)29-26-11-10-24(32)20-27(26)41-34-29;/h10-11,20,23H,3-9,12-19,21H2,1-2H3;1H3/q+1;-1. The molecule has 0 radical (unpaired) electrons. The second-order valence-electron chi connectivity index (χ2n) is 11.7. The molecule has 0 aliphatic carbocycles. The van der Waals surface area contributed by atoms with E-state index in [9.17, 15) is 14.0 Å². The van der Waals surface area contributed by atoms with E-state index in [-0.39, 0.29) is 31.5 Å². The minimum absolute atomic E-state index is 0. The van der Waals surface area contributed by atoms with Crippen LogP contribution in [-0.4, -0.2) is 58.3 Å². The van der Waals surface area contributed by atoms with E-state index >= 15 is 0 Å². The summed E-state index contributed by atoms with van der Waals surface area (Å²) in [5, 5.41) is 5.12. The molecule has 1 saturated heterocycles. The molecule has 0 bridgehead atoms. The zero-order chi connectivity index (χ0) is 28.8. The molecule has 230 valence electrons. The van der Waals surface area contributed by atoms with Gasteiger partial charge in [0.2, 0.25) is 6.73 Å². The van der Waals surface area contributed by atoms with Crippen molar-refractivity contribution in [2.45, 2.75) is 90.5 Å². The van der Waals surface area contributed by atoms with Gasteiger partial charge in [-0.3, -0.25) is 13.8 Å². The smallest absolute Gasteiger partial charge is 0.434 e. The Morgan fingerprint density at radius 2 is 1.98 bits per heavy atom. The molecule has 1 fully saturated rings. The van der Waals surface area contributed by atoms with Crippen molar-refractivity contribution >= 4 is 17.1 Å². The first-order valence-electron chi connectivity index (χ1n) is 15.2. The van der Waals surface area contributed by atoms with E-state index in [4.69, 9.17) is 19.0 Å². The van der Waals surface area contributed by atoms with E-state index in [1.54, 1.807) is 6.07 Å². The van der Waals surface area contributed by atoms with Crippen molar-refractivity contribution < 1.29 is 27.7 Å². The van der Waals surface area contributed by atoms with Crippen LogP contribution in [0.2, 0.25) is 0 Å². The summed E-state index contributed by atoms with van der Waals surface area (Å²) in [6, 6.07) is 4.53. The van der Waals surface area contributed by atoms with Gasteiger partial charge in [0.15, 0.2) is 5.58 Å². The number of nitrogens with zero attached hydrogens (tertiary/aromatic N) is 4. The molecule has 0 atom stereocenters. The largest absolute Gasteiger partial charge is 0.512 e. The lowest BCUT2D eigenvalue weighted by Crippen LogP contribution is -2.55. The summed E-state index contributed by atoms with van der Waals surface area (Å²) >= 11 is 0. The maximum atomic E-state index is 13.7. The molecule has 0 saturated carbocycles. The van der Waals surface area contributed by atoms with Gasteiger partial charge in [-0.15, -0.1) is 0 Å². The molecule has 3 aromatic rings. The average Bonchev–Trinajstić information content (AvgIpc) is 3.39. The number of hydrogen-bond acceptors (Lipinski definition) is 7. The molecule has 42 heavy (non-hydrogen) atoms. The van der Waals surface area contributed by atoms with Gasteiger partial charge in [0.1, 0.15) is 11.6 Å². The minimum atomic E-state index is -0.641. The number of aryl methyl sites for hydroxylation is 2. The SMILES string of the molecule is CCCCCCOC(=O)OC[N+]1(CCc2c(C)nc3n(c2=O)CCCC3)CCC(c2noc3cc(F)ccc23)CC1.[CH3-]. The predicted molar refractivity (Wildman–Crippen MR) is 159 cm³/mol. The van der Waals surface area contributed by atoms with E-state index in [1.807, 2.05) is 11.5 Å². The first-order chi connectivity index (χ1) is 19.9. The van der Waals surface area contributed by atoms with Crippen LogP contribution < -0.4 is 5.56 Å². The Bertz CT molecular complexity index is 1410. The number of ether oxygens (including phenoxy) is 2. The first kappa shape index (κ1) is 31.7. The summed E-state index contributed by atoms with van der Waals surface area (Å²) in [5.41, 5.74) is 2.91. The Morgan fingerprint density at radius 3 is 2.76 bits per heavy atom. The van der Waals surface area contributed by atoms with Gasteiger partial charge in [-0.1, -0.05) is 31.3 Å². The monoisotopic (exact) mass is 584 g/mol. The van der Waals surface area contributed by atoms with Crippen LogP contribution in [0.1, 0.15) is 87.0 Å². The van der Waals surface area contributed by atoms with Gasteiger partial charge in [-0.25, -0.2) is 14.2 Å².